The molecule has 2 aromatic carbocycles. The molecule has 3 rings (SSSR count). The summed E-state index contributed by atoms with van der Waals surface area (Å²) in [5, 5.41) is 12.9. The van der Waals surface area contributed by atoms with Gasteiger partial charge in [0.2, 0.25) is 0 Å². The quantitative estimate of drug-likeness (QED) is 0.931. The minimum absolute atomic E-state index is 0.0496. The van der Waals surface area contributed by atoms with E-state index in [-0.39, 0.29) is 12.5 Å². The number of alkyl carbamates (subject to hydrolysis) is 1. The maximum absolute atomic E-state index is 11.7. The molecule has 0 heterocycles. The number of carboxylic acid groups (broad SMARTS) is 1. The third-order valence-electron chi connectivity index (χ3n) is 4.03. The zero-order chi connectivity index (χ0) is 16.4. The Bertz CT molecular complexity index is 711. The molecule has 118 valence electrons. The molecule has 0 aliphatic heterocycles. The average molecular weight is 310 g/mol. The van der Waals surface area contributed by atoms with Crippen LogP contribution >= 0.6 is 0 Å². The highest BCUT2D eigenvalue weighted by Gasteiger charge is 2.29. The van der Waals surface area contributed by atoms with Gasteiger partial charge in [-0.15, -0.1) is 0 Å². The molecular weight excluding hydrogens is 294 g/mol. The first-order chi connectivity index (χ1) is 11.1. The molecule has 0 fully saturated rings. The molecule has 0 saturated carbocycles. The van der Waals surface area contributed by atoms with E-state index in [0.717, 1.165) is 22.3 Å². The Balaban J connectivity index is 1.76. The summed E-state index contributed by atoms with van der Waals surface area (Å²) in [6.45, 7) is 1.48. The van der Waals surface area contributed by atoms with E-state index in [1.54, 1.807) is 0 Å². The normalized spacial score (nSPS) is 13.8. The molecule has 0 aromatic heterocycles. The van der Waals surface area contributed by atoms with Gasteiger partial charge < -0.3 is 20.0 Å². The van der Waals surface area contributed by atoms with Crippen LogP contribution in [0.1, 0.15) is 24.0 Å². The lowest BCUT2D eigenvalue weighted by Crippen LogP contribution is -2.46. The predicted molar refractivity (Wildman–Crippen MR) is 82.7 cm³/mol. The highest BCUT2D eigenvalue weighted by molar-refractivity contribution is 5.80. The van der Waals surface area contributed by atoms with E-state index in [1.807, 2.05) is 48.5 Å². The first-order valence-corrected chi connectivity index (χ1v) is 7.40. The maximum atomic E-state index is 11.7. The number of fused-ring (bicyclic) bond motifs is 3. The first-order valence-electron chi connectivity index (χ1n) is 7.40. The molecule has 0 saturated heterocycles. The fraction of sp³-hybridized carbons (Fsp3) is 0.222. The van der Waals surface area contributed by atoms with E-state index in [2.05, 4.69) is 5.32 Å². The Morgan fingerprint density at radius 3 is 2.13 bits per heavy atom. The summed E-state index contributed by atoms with van der Waals surface area (Å²) in [5.41, 5.74) is 4.49. The largest absolute Gasteiger partial charge is 0.548 e. The summed E-state index contributed by atoms with van der Waals surface area (Å²) >= 11 is 0. The Morgan fingerprint density at radius 1 is 1.09 bits per heavy atom. The van der Waals surface area contributed by atoms with E-state index in [1.165, 1.54) is 6.92 Å². The van der Waals surface area contributed by atoms with Crippen LogP contribution in [0.3, 0.4) is 0 Å². The maximum Gasteiger partial charge on any atom is 0.407 e. The fourth-order valence-corrected chi connectivity index (χ4v) is 2.88. The number of amides is 1. The topological polar surface area (TPSA) is 78.5 Å². The van der Waals surface area contributed by atoms with Crippen LogP contribution in [0, 0.1) is 0 Å². The van der Waals surface area contributed by atoms with Crippen molar-refractivity contribution in [2.45, 2.75) is 18.9 Å². The number of rotatable bonds is 4. The molecule has 23 heavy (non-hydrogen) atoms. The van der Waals surface area contributed by atoms with Gasteiger partial charge in [0, 0.05) is 5.92 Å². The van der Waals surface area contributed by atoms with Gasteiger partial charge in [-0.2, -0.15) is 0 Å². The summed E-state index contributed by atoms with van der Waals surface area (Å²) in [6, 6.07) is 14.9. The number of hydrogen-bond acceptors (Lipinski definition) is 4. The predicted octanol–water partition coefficient (Wildman–Crippen LogP) is 1.66. The van der Waals surface area contributed by atoms with Gasteiger partial charge in [0.1, 0.15) is 6.61 Å². The average Bonchev–Trinajstić information content (AvgIpc) is 2.87. The van der Waals surface area contributed by atoms with Crippen LogP contribution in [0.25, 0.3) is 11.1 Å². The van der Waals surface area contributed by atoms with Crippen LogP contribution < -0.4 is 10.4 Å². The van der Waals surface area contributed by atoms with Crippen LogP contribution in [-0.2, 0) is 9.53 Å². The summed E-state index contributed by atoms with van der Waals surface area (Å²) < 4.78 is 5.22. The van der Waals surface area contributed by atoms with Gasteiger partial charge in [-0.1, -0.05) is 48.5 Å². The monoisotopic (exact) mass is 310 g/mol. The zero-order valence-corrected chi connectivity index (χ0v) is 12.6. The van der Waals surface area contributed by atoms with Crippen molar-refractivity contribution >= 4 is 12.1 Å². The number of aliphatic carboxylic acids is 1. The molecule has 5 heteroatoms. The molecule has 0 radical (unpaired) electrons. The second-order valence-corrected chi connectivity index (χ2v) is 5.51. The van der Waals surface area contributed by atoms with Crippen molar-refractivity contribution in [2.75, 3.05) is 6.61 Å². The smallest absolute Gasteiger partial charge is 0.407 e. The van der Waals surface area contributed by atoms with Gasteiger partial charge in [-0.3, -0.25) is 0 Å². The lowest BCUT2D eigenvalue weighted by atomic mass is 9.98. The number of carbonyl (C=O) groups excluding carboxylic acids is 2. The SMILES string of the molecule is C[C@@H](NC(=O)OCC1c2ccccc2-c2ccccc21)C(=O)[O-]. The molecule has 1 aliphatic carbocycles. The minimum Gasteiger partial charge on any atom is -0.548 e. The van der Waals surface area contributed by atoms with Crippen molar-refractivity contribution in [3.05, 3.63) is 59.7 Å². The molecule has 0 spiro atoms. The standard InChI is InChI=1S/C18H17NO4/c1-11(17(20)21)19-18(22)23-10-16-14-8-4-2-6-12(14)13-7-3-5-9-15(13)16/h2-9,11,16H,10H2,1H3,(H,19,22)(H,20,21)/p-1/t11-/m1/s1. The number of nitrogens with one attached hydrogen (secondary N) is 1. The van der Waals surface area contributed by atoms with E-state index in [4.69, 9.17) is 4.74 Å². The molecule has 1 aliphatic rings. The molecule has 0 bridgehead atoms. The molecule has 1 N–H and O–H groups in total. The van der Waals surface area contributed by atoms with Gasteiger partial charge in [0.05, 0.1) is 12.0 Å². The minimum atomic E-state index is -1.35. The fourth-order valence-electron chi connectivity index (χ4n) is 2.88. The van der Waals surface area contributed by atoms with Gasteiger partial charge in [0.25, 0.3) is 0 Å². The van der Waals surface area contributed by atoms with Crippen LogP contribution in [0.2, 0.25) is 0 Å². The summed E-state index contributed by atoms with van der Waals surface area (Å²) in [6.07, 6.45) is -0.761. The Kier molecular flexibility index (Phi) is 4.02. The van der Waals surface area contributed by atoms with Crippen molar-refractivity contribution < 1.29 is 19.4 Å². The van der Waals surface area contributed by atoms with Crippen molar-refractivity contribution in [3.8, 4) is 11.1 Å². The summed E-state index contributed by atoms with van der Waals surface area (Å²) in [5.74, 6) is -1.40. The van der Waals surface area contributed by atoms with Gasteiger partial charge >= 0.3 is 6.09 Å². The first kappa shape index (κ1) is 15.1. The molecule has 0 unspecified atom stereocenters. The molecular formula is C18H16NO4-. The lowest BCUT2D eigenvalue weighted by molar-refractivity contribution is -0.307. The second kappa shape index (κ2) is 6.12. The van der Waals surface area contributed by atoms with E-state index >= 15 is 0 Å². The molecule has 5 nitrogen and oxygen atoms in total. The van der Waals surface area contributed by atoms with E-state index < -0.39 is 18.1 Å². The van der Waals surface area contributed by atoms with Crippen molar-refractivity contribution in [1.29, 1.82) is 0 Å². The molecule has 1 amide bonds. The van der Waals surface area contributed by atoms with Crippen LogP contribution in [0.15, 0.2) is 48.5 Å². The Labute approximate surface area is 133 Å². The van der Waals surface area contributed by atoms with Crippen LogP contribution in [-0.4, -0.2) is 24.7 Å². The third-order valence-corrected chi connectivity index (χ3v) is 4.03. The third kappa shape index (κ3) is 2.90. The summed E-state index contributed by atoms with van der Waals surface area (Å²) in [4.78, 5) is 22.4. The van der Waals surface area contributed by atoms with Crippen molar-refractivity contribution in [3.63, 3.8) is 0 Å². The Hall–Kier alpha value is -2.82. The van der Waals surface area contributed by atoms with E-state index in [9.17, 15) is 14.7 Å². The number of benzene rings is 2. The molecule has 1 atom stereocenters. The number of hydrogen-bond donors (Lipinski definition) is 1. The Morgan fingerprint density at radius 2 is 1.61 bits per heavy atom. The number of ether oxygens (including phenoxy) is 1. The highest BCUT2D eigenvalue weighted by Crippen LogP contribution is 2.44. The number of carboxylic acids is 1. The van der Waals surface area contributed by atoms with Crippen molar-refractivity contribution in [1.82, 2.24) is 5.32 Å². The van der Waals surface area contributed by atoms with Crippen molar-refractivity contribution in [2.24, 2.45) is 0 Å². The second-order valence-electron chi connectivity index (χ2n) is 5.51. The zero-order valence-electron chi connectivity index (χ0n) is 12.6. The van der Waals surface area contributed by atoms with Gasteiger partial charge in [-0.05, 0) is 29.2 Å². The van der Waals surface area contributed by atoms with Crippen LogP contribution in [0.4, 0.5) is 4.79 Å². The van der Waals surface area contributed by atoms with Crippen LogP contribution in [0.5, 0.6) is 0 Å². The number of carbonyl (C=O) groups is 2. The highest BCUT2D eigenvalue weighted by atomic mass is 16.5. The van der Waals surface area contributed by atoms with Gasteiger partial charge in [0.15, 0.2) is 0 Å². The van der Waals surface area contributed by atoms with E-state index in [0.29, 0.717) is 0 Å². The molecule has 2 aromatic rings. The lowest BCUT2D eigenvalue weighted by Gasteiger charge is -2.17. The summed E-state index contributed by atoms with van der Waals surface area (Å²) in [7, 11) is 0. The van der Waals surface area contributed by atoms with Gasteiger partial charge in [-0.25, -0.2) is 4.79 Å².